The number of fused-ring (bicyclic) bond motifs is 1. The van der Waals surface area contributed by atoms with E-state index in [1.54, 1.807) is 10.7 Å². The molecule has 0 spiro atoms. The second-order valence-corrected chi connectivity index (χ2v) is 7.73. The summed E-state index contributed by atoms with van der Waals surface area (Å²) in [5.41, 5.74) is 3.88. The minimum Gasteiger partial charge on any atom is -0.361 e. The van der Waals surface area contributed by atoms with Crippen molar-refractivity contribution in [2.24, 2.45) is 0 Å². The number of piperazine rings is 1. The molecule has 2 aromatic rings. The van der Waals surface area contributed by atoms with Crippen molar-refractivity contribution in [3.63, 3.8) is 0 Å². The Kier molecular flexibility index (Phi) is 5.30. The van der Waals surface area contributed by atoms with Gasteiger partial charge in [0, 0.05) is 44.4 Å². The molecule has 150 valence electrons. The molecular weight excluding hydrogens is 358 g/mol. The maximum atomic E-state index is 12.6. The largest absolute Gasteiger partial charge is 0.361 e. The number of carbonyl (C=O) groups is 1. The molecule has 1 amide bonds. The molecule has 1 aliphatic heterocycles. The van der Waals surface area contributed by atoms with Gasteiger partial charge in [0.05, 0.1) is 24.4 Å². The van der Waals surface area contributed by atoms with Crippen molar-refractivity contribution in [2.75, 3.05) is 32.7 Å². The molecule has 0 N–H and O–H groups in total. The van der Waals surface area contributed by atoms with E-state index in [1.807, 2.05) is 18.7 Å². The number of rotatable bonds is 5. The lowest BCUT2D eigenvalue weighted by Gasteiger charge is -2.34. The van der Waals surface area contributed by atoms with E-state index >= 15 is 0 Å². The number of aryl methyl sites for hydroxylation is 4. The summed E-state index contributed by atoms with van der Waals surface area (Å²) in [6.45, 7) is 8.11. The first-order chi connectivity index (χ1) is 13.5. The molecule has 0 aromatic carbocycles. The van der Waals surface area contributed by atoms with Crippen LogP contribution in [-0.2, 0) is 30.6 Å². The van der Waals surface area contributed by atoms with Gasteiger partial charge >= 0.3 is 0 Å². The molecule has 3 heterocycles. The quantitative estimate of drug-likeness (QED) is 0.754. The third-order valence-corrected chi connectivity index (χ3v) is 5.89. The normalized spacial score (nSPS) is 17.1. The monoisotopic (exact) mass is 385 g/mol. The van der Waals surface area contributed by atoms with Gasteiger partial charge in [-0.1, -0.05) is 5.16 Å². The Balaban J connectivity index is 1.28. The Hall–Kier alpha value is -2.48. The van der Waals surface area contributed by atoms with Gasteiger partial charge in [-0.15, -0.1) is 0 Å². The van der Waals surface area contributed by atoms with Crippen LogP contribution in [0.5, 0.6) is 0 Å². The van der Waals surface area contributed by atoms with E-state index in [2.05, 4.69) is 15.2 Å². The zero-order valence-electron chi connectivity index (χ0n) is 16.6. The first-order valence-corrected chi connectivity index (χ1v) is 10.0. The van der Waals surface area contributed by atoms with E-state index in [1.165, 1.54) is 0 Å². The van der Waals surface area contributed by atoms with Gasteiger partial charge in [0.2, 0.25) is 5.91 Å². The summed E-state index contributed by atoms with van der Waals surface area (Å²) in [7, 11) is 0. The highest BCUT2D eigenvalue weighted by atomic mass is 16.5. The molecule has 1 fully saturated rings. The van der Waals surface area contributed by atoms with Crippen molar-refractivity contribution < 1.29 is 9.32 Å². The minimum absolute atomic E-state index is 0.00563. The van der Waals surface area contributed by atoms with E-state index < -0.39 is 0 Å². The molecule has 0 bridgehead atoms. The summed E-state index contributed by atoms with van der Waals surface area (Å²) in [5, 5.41) is 8.46. The molecule has 8 heteroatoms. The molecular formula is C20H27N5O3. The van der Waals surface area contributed by atoms with E-state index in [4.69, 9.17) is 4.52 Å². The molecule has 1 saturated heterocycles. The SMILES string of the molecule is Cc1noc(C)c1CC(=O)N1CCN(CCn2nc3c(cc2=O)CCC3)CC1. The van der Waals surface area contributed by atoms with E-state index in [9.17, 15) is 9.59 Å². The molecule has 2 aromatic heterocycles. The maximum Gasteiger partial charge on any atom is 0.267 e. The molecule has 0 unspecified atom stereocenters. The van der Waals surface area contributed by atoms with Crippen molar-refractivity contribution in [3.8, 4) is 0 Å². The second kappa shape index (κ2) is 7.87. The number of nitrogens with zero attached hydrogens (tertiary/aromatic N) is 5. The van der Waals surface area contributed by atoms with Crippen molar-refractivity contribution in [1.82, 2.24) is 24.7 Å². The Morgan fingerprint density at radius 1 is 1.14 bits per heavy atom. The van der Waals surface area contributed by atoms with Crippen LogP contribution in [0.25, 0.3) is 0 Å². The molecule has 1 aliphatic carbocycles. The van der Waals surface area contributed by atoms with Crippen LogP contribution in [0.3, 0.4) is 0 Å². The van der Waals surface area contributed by atoms with Crippen LogP contribution in [0.4, 0.5) is 0 Å². The van der Waals surface area contributed by atoms with Crippen LogP contribution in [0.15, 0.2) is 15.4 Å². The van der Waals surface area contributed by atoms with Crippen LogP contribution in [0.1, 0.15) is 34.7 Å². The number of hydrogen-bond donors (Lipinski definition) is 0. The van der Waals surface area contributed by atoms with Crippen molar-refractivity contribution in [2.45, 2.75) is 46.1 Å². The van der Waals surface area contributed by atoms with Crippen LogP contribution >= 0.6 is 0 Å². The van der Waals surface area contributed by atoms with Gasteiger partial charge in [0.1, 0.15) is 5.76 Å². The van der Waals surface area contributed by atoms with Gasteiger partial charge in [-0.05, 0) is 38.7 Å². The molecule has 0 saturated carbocycles. The van der Waals surface area contributed by atoms with Crippen LogP contribution in [-0.4, -0.2) is 63.4 Å². The maximum absolute atomic E-state index is 12.6. The topological polar surface area (TPSA) is 84.5 Å². The summed E-state index contributed by atoms with van der Waals surface area (Å²) < 4.78 is 6.75. The van der Waals surface area contributed by atoms with Crippen molar-refractivity contribution in [3.05, 3.63) is 44.7 Å². The Bertz CT molecular complexity index is 905. The summed E-state index contributed by atoms with van der Waals surface area (Å²) in [4.78, 5) is 29.0. The van der Waals surface area contributed by atoms with Gasteiger partial charge in [0.25, 0.3) is 5.56 Å². The van der Waals surface area contributed by atoms with Crippen LogP contribution in [0.2, 0.25) is 0 Å². The fourth-order valence-electron chi connectivity index (χ4n) is 4.07. The average molecular weight is 385 g/mol. The Morgan fingerprint density at radius 2 is 1.93 bits per heavy atom. The van der Waals surface area contributed by atoms with Crippen LogP contribution in [0, 0.1) is 13.8 Å². The first kappa shape index (κ1) is 18.9. The summed E-state index contributed by atoms with van der Waals surface area (Å²) in [5.74, 6) is 0.835. The third kappa shape index (κ3) is 3.87. The molecule has 0 radical (unpaired) electrons. The molecule has 2 aliphatic rings. The lowest BCUT2D eigenvalue weighted by Crippen LogP contribution is -2.50. The van der Waals surface area contributed by atoms with E-state index in [-0.39, 0.29) is 11.5 Å². The number of aromatic nitrogens is 3. The minimum atomic E-state index is -0.00563. The van der Waals surface area contributed by atoms with Gasteiger partial charge in [-0.2, -0.15) is 5.10 Å². The molecule has 0 atom stereocenters. The first-order valence-electron chi connectivity index (χ1n) is 10.0. The predicted octanol–water partition coefficient (Wildman–Crippen LogP) is 0.724. The highest BCUT2D eigenvalue weighted by molar-refractivity contribution is 5.79. The second-order valence-electron chi connectivity index (χ2n) is 7.73. The van der Waals surface area contributed by atoms with Gasteiger partial charge in [-0.25, -0.2) is 4.68 Å². The van der Waals surface area contributed by atoms with Crippen LogP contribution < -0.4 is 5.56 Å². The number of hydrogen-bond acceptors (Lipinski definition) is 6. The zero-order chi connectivity index (χ0) is 19.7. The lowest BCUT2D eigenvalue weighted by atomic mass is 10.1. The van der Waals surface area contributed by atoms with E-state index in [0.29, 0.717) is 26.1 Å². The molecule has 8 nitrogen and oxygen atoms in total. The van der Waals surface area contributed by atoms with Gasteiger partial charge < -0.3 is 9.42 Å². The third-order valence-electron chi connectivity index (χ3n) is 5.89. The average Bonchev–Trinajstić information content (AvgIpc) is 3.27. The Morgan fingerprint density at radius 3 is 2.64 bits per heavy atom. The van der Waals surface area contributed by atoms with Crippen molar-refractivity contribution in [1.29, 1.82) is 0 Å². The summed E-state index contributed by atoms with van der Waals surface area (Å²) >= 11 is 0. The lowest BCUT2D eigenvalue weighted by molar-refractivity contribution is -0.132. The summed E-state index contributed by atoms with van der Waals surface area (Å²) in [6.07, 6.45) is 3.38. The van der Waals surface area contributed by atoms with Gasteiger partial charge in [0.15, 0.2) is 0 Å². The molecule has 28 heavy (non-hydrogen) atoms. The molecule has 4 rings (SSSR count). The fourth-order valence-corrected chi connectivity index (χ4v) is 4.07. The van der Waals surface area contributed by atoms with Crippen molar-refractivity contribution >= 4 is 5.91 Å². The predicted molar refractivity (Wildman–Crippen MR) is 103 cm³/mol. The number of carbonyl (C=O) groups excluding carboxylic acids is 1. The van der Waals surface area contributed by atoms with Gasteiger partial charge in [-0.3, -0.25) is 14.5 Å². The highest BCUT2D eigenvalue weighted by Crippen LogP contribution is 2.17. The van der Waals surface area contributed by atoms with E-state index in [0.717, 1.165) is 67.2 Å². The number of amides is 1. The summed E-state index contributed by atoms with van der Waals surface area (Å²) in [6, 6.07) is 1.75. The highest BCUT2D eigenvalue weighted by Gasteiger charge is 2.23. The fraction of sp³-hybridized carbons (Fsp3) is 0.600. The Labute approximate surface area is 164 Å². The zero-order valence-corrected chi connectivity index (χ0v) is 16.6. The smallest absolute Gasteiger partial charge is 0.267 e. The standard InChI is InChI=1S/C20H27N5O3/c1-14-17(15(2)28-22-14)13-19(26)24-9-6-23(7-10-24)8-11-25-20(27)12-16-4-3-5-18(16)21-25/h12H,3-11,13H2,1-2H3.